The lowest BCUT2D eigenvalue weighted by Gasteiger charge is -2.26. The predicted molar refractivity (Wildman–Crippen MR) is 334 cm³/mol. The Morgan fingerprint density at radius 1 is 0.500 bits per heavy atom. The van der Waals surface area contributed by atoms with E-state index in [4.69, 9.17) is 4.74 Å². The highest BCUT2D eigenvalue weighted by molar-refractivity contribution is 5.91. The third kappa shape index (κ3) is 38.0. The molecule has 0 saturated carbocycles. The van der Waals surface area contributed by atoms with Crippen molar-refractivity contribution in [1.29, 1.82) is 0 Å². The van der Waals surface area contributed by atoms with Crippen molar-refractivity contribution in [2.45, 2.75) is 314 Å². The molecule has 0 aliphatic heterocycles. The molecular weight excluding hydrogens is 965 g/mol. The smallest absolute Gasteiger partial charge is 0.303 e. The van der Waals surface area contributed by atoms with Gasteiger partial charge in [0.25, 0.3) is 0 Å². The molecule has 0 heterocycles. The highest BCUT2D eigenvalue weighted by Crippen LogP contribution is 2.33. The number of rotatable bonds is 20. The van der Waals surface area contributed by atoms with Gasteiger partial charge in [-0.05, 0) is 191 Å². The predicted octanol–water partition coefficient (Wildman–Crippen LogP) is 18.9. The Kier molecular flexibility index (Phi) is 41.1. The van der Waals surface area contributed by atoms with E-state index < -0.39 is 0 Å². The molecule has 7 nitrogen and oxygen atoms in total. The molecule has 11 unspecified atom stereocenters. The molecule has 0 aromatic rings. The molecule has 4 N–H and O–H groups in total. The van der Waals surface area contributed by atoms with E-state index in [9.17, 15) is 30.0 Å². The highest BCUT2D eigenvalue weighted by Gasteiger charge is 2.24. The van der Waals surface area contributed by atoms with Gasteiger partial charge in [-0.25, -0.2) is 0 Å². The summed E-state index contributed by atoms with van der Waals surface area (Å²) in [5.74, 6) is 5.11. The minimum absolute atomic E-state index is 0.0243. The summed E-state index contributed by atoms with van der Waals surface area (Å²) in [6, 6.07) is 0. The first kappa shape index (κ1) is 73.2. The maximum absolute atomic E-state index is 11.3. The zero-order valence-corrected chi connectivity index (χ0v) is 53.1. The lowest BCUT2D eigenvalue weighted by atomic mass is 9.83. The van der Waals surface area contributed by atoms with E-state index in [2.05, 4.69) is 108 Å². The topological polar surface area (TPSA) is 124 Å². The molecule has 0 spiro atoms. The minimum Gasteiger partial charge on any atom is -0.458 e. The van der Waals surface area contributed by atoms with Crippen molar-refractivity contribution in [3.63, 3.8) is 0 Å². The molecule has 450 valence electrons. The van der Waals surface area contributed by atoms with Crippen LogP contribution in [0.15, 0.2) is 82.0 Å². The van der Waals surface area contributed by atoms with Crippen LogP contribution in [0.5, 0.6) is 0 Å². The van der Waals surface area contributed by atoms with Crippen molar-refractivity contribution in [2.75, 3.05) is 0 Å². The first-order valence-corrected chi connectivity index (χ1v) is 32.2. The van der Waals surface area contributed by atoms with Crippen molar-refractivity contribution in [3.8, 4) is 0 Å². The quantitative estimate of drug-likeness (QED) is 0.0544. The van der Waals surface area contributed by atoms with Gasteiger partial charge in [0.15, 0.2) is 5.78 Å². The highest BCUT2D eigenvalue weighted by atomic mass is 16.5. The molecule has 7 heteroatoms. The van der Waals surface area contributed by atoms with Gasteiger partial charge in [-0.3, -0.25) is 9.59 Å². The van der Waals surface area contributed by atoms with Crippen LogP contribution in [-0.4, -0.2) is 62.7 Å². The van der Waals surface area contributed by atoms with Crippen molar-refractivity contribution < 1.29 is 34.8 Å². The molecule has 78 heavy (non-hydrogen) atoms. The maximum atomic E-state index is 11.3. The van der Waals surface area contributed by atoms with E-state index in [1.807, 2.05) is 24.3 Å². The molecule has 0 bridgehead atoms. The van der Waals surface area contributed by atoms with Gasteiger partial charge in [0.05, 0.1) is 24.4 Å². The van der Waals surface area contributed by atoms with E-state index >= 15 is 0 Å². The molecule has 6 aliphatic rings. The van der Waals surface area contributed by atoms with Gasteiger partial charge in [0.2, 0.25) is 0 Å². The fraction of sp³-hybridized carbons (Fsp3) is 0.775. The van der Waals surface area contributed by atoms with Crippen molar-refractivity contribution >= 4 is 11.8 Å². The molecule has 0 amide bonds. The van der Waals surface area contributed by atoms with E-state index in [0.29, 0.717) is 23.5 Å². The monoisotopic (exact) mass is 1090 g/mol. The second kappa shape index (κ2) is 43.8. The average Bonchev–Trinajstić information content (AvgIpc) is 3.32. The molecule has 0 aromatic heterocycles. The Hall–Kier alpha value is -2.84. The first-order valence-electron chi connectivity index (χ1n) is 32.2. The third-order valence-electron chi connectivity index (χ3n) is 16.3. The van der Waals surface area contributed by atoms with Crippen LogP contribution in [0.2, 0.25) is 0 Å². The number of aliphatic hydroxyl groups is 4. The summed E-state index contributed by atoms with van der Waals surface area (Å²) in [6.45, 7) is 29.7. The van der Waals surface area contributed by atoms with Gasteiger partial charge < -0.3 is 25.2 Å². The molecule has 6 aliphatic carbocycles. The molecule has 6 rings (SSSR count). The summed E-state index contributed by atoms with van der Waals surface area (Å²) in [5, 5.41) is 38.0. The van der Waals surface area contributed by atoms with Crippen molar-refractivity contribution in [1.82, 2.24) is 0 Å². The summed E-state index contributed by atoms with van der Waals surface area (Å²) in [7, 11) is 0. The number of unbranched alkanes of at least 4 members (excludes halogenated alkanes) is 6. The minimum atomic E-state index is -0.178. The van der Waals surface area contributed by atoms with E-state index in [1.165, 1.54) is 156 Å². The fourth-order valence-corrected chi connectivity index (χ4v) is 13.0. The molecular formula is C71H124O7. The molecule has 0 radical (unpaired) electrons. The molecule has 0 fully saturated rings. The number of allylic oxidation sites excluding steroid dienone is 9. The first-order chi connectivity index (χ1) is 37.1. The number of hydrogen-bond acceptors (Lipinski definition) is 7. The van der Waals surface area contributed by atoms with Crippen molar-refractivity contribution in [2.24, 2.45) is 41.4 Å². The van der Waals surface area contributed by atoms with Crippen LogP contribution >= 0.6 is 0 Å². The van der Waals surface area contributed by atoms with Gasteiger partial charge >= 0.3 is 5.97 Å². The molecule has 0 saturated heterocycles. The van der Waals surface area contributed by atoms with Gasteiger partial charge in [-0.15, -0.1) is 0 Å². The van der Waals surface area contributed by atoms with Gasteiger partial charge in [-0.1, -0.05) is 202 Å². The summed E-state index contributed by atoms with van der Waals surface area (Å²) >= 11 is 0. The maximum Gasteiger partial charge on any atom is 0.303 e. The van der Waals surface area contributed by atoms with Crippen LogP contribution in [0.1, 0.15) is 283 Å². The van der Waals surface area contributed by atoms with Crippen LogP contribution in [0.3, 0.4) is 0 Å². The number of ether oxygens (including phenoxy) is 1. The van der Waals surface area contributed by atoms with Gasteiger partial charge in [0, 0.05) is 13.3 Å². The zero-order chi connectivity index (χ0) is 58.4. The van der Waals surface area contributed by atoms with E-state index in [0.717, 1.165) is 94.3 Å². The second-order valence-corrected chi connectivity index (χ2v) is 25.7. The van der Waals surface area contributed by atoms with E-state index in [-0.39, 0.29) is 36.5 Å². The number of ketones is 1. The standard InChI is InChI=1S/C14H26O.C13H20O.C12H22O.C11H18O2.C11H20O.C10H18O/c1-3-4-5-6-7-8-13-9-12(2)10-14(15)11-13;1-3-4-5-6-7-12-8-11(2)9-13(14)10-12;1-3-4-5-6-11-7-10(2)8-12(13)9-11;1-4-10-5-8(2)6-11(7-10)13-9(3)12;1-8(2)4-10-5-9(3)6-11(12)7-10;1-3-4-9-5-8(2)6-10(11)7-9/h10,13-15H,3-9,11H2,1-2H3;4-5,9,12H,3,6-8,10H2,1-2H3;8,11-13H,3-7,9H2,1-2H3;6,10-11H,4-5,7H2,1-3H3;6,8,10-12H,4-5,7H2,1-3H3;6,9-11H,3-5,7H2,1-2H3/b;5-4-;;;;. The summed E-state index contributed by atoms with van der Waals surface area (Å²) in [6.07, 6.45) is 50.2. The summed E-state index contributed by atoms with van der Waals surface area (Å²) in [5.41, 5.74) is 8.09. The average molecular weight is 1090 g/mol. The Morgan fingerprint density at radius 2 is 0.923 bits per heavy atom. The Bertz CT molecular complexity index is 1830. The van der Waals surface area contributed by atoms with Crippen LogP contribution in [-0.2, 0) is 14.3 Å². The summed E-state index contributed by atoms with van der Waals surface area (Å²) in [4.78, 5) is 22.0. The number of carbonyl (C=O) groups excluding carboxylic acids is 2. The van der Waals surface area contributed by atoms with Crippen LogP contribution in [0, 0.1) is 41.4 Å². The normalized spacial score (nSPS) is 27.8. The lowest BCUT2D eigenvalue weighted by Crippen LogP contribution is -2.22. The second-order valence-electron chi connectivity index (χ2n) is 25.7. The van der Waals surface area contributed by atoms with Crippen LogP contribution < -0.4 is 0 Å². The van der Waals surface area contributed by atoms with Gasteiger partial charge in [0.1, 0.15) is 6.10 Å². The number of carbonyl (C=O) groups is 2. The Labute approximate surface area is 481 Å². The third-order valence-corrected chi connectivity index (χ3v) is 16.3. The largest absolute Gasteiger partial charge is 0.458 e. The van der Waals surface area contributed by atoms with Gasteiger partial charge in [-0.2, -0.15) is 0 Å². The van der Waals surface area contributed by atoms with Crippen molar-refractivity contribution in [3.05, 3.63) is 82.0 Å². The summed E-state index contributed by atoms with van der Waals surface area (Å²) < 4.78 is 5.18. The lowest BCUT2D eigenvalue weighted by molar-refractivity contribution is -0.145. The SMILES string of the molecule is CC/C=C\CCC1CC(=O)C=C(C)C1.CC1=CC(O)CC(CC(C)C)C1.CCC1CC(C)=CC(OC(C)=O)C1.CCCC1CC(C)=CC(O)C1.CCCCCC1CC(C)=CC(O)C1.CCCCCCCC1CC(C)=CC(O)C1. The van der Waals surface area contributed by atoms with Crippen LogP contribution in [0.4, 0.5) is 0 Å². The van der Waals surface area contributed by atoms with Crippen LogP contribution in [0.25, 0.3) is 0 Å². The number of hydrogen-bond donors (Lipinski definition) is 4. The Balaban J connectivity index is 0.000000469. The van der Waals surface area contributed by atoms with E-state index in [1.54, 1.807) is 6.08 Å². The molecule has 11 atom stereocenters. The number of esters is 1. The number of aliphatic hydroxyl groups excluding tert-OH is 4. The fourth-order valence-electron chi connectivity index (χ4n) is 13.0. The molecule has 0 aromatic carbocycles. The Morgan fingerprint density at radius 3 is 1.36 bits per heavy atom. The zero-order valence-electron chi connectivity index (χ0n) is 53.1.